The molecular formula is C23H24ClN3O4. The van der Waals surface area contributed by atoms with Gasteiger partial charge in [-0.25, -0.2) is 0 Å². The molecule has 1 N–H and O–H groups in total. The lowest BCUT2D eigenvalue weighted by atomic mass is 9.95. The van der Waals surface area contributed by atoms with E-state index in [-0.39, 0.29) is 18.0 Å². The summed E-state index contributed by atoms with van der Waals surface area (Å²) >= 11 is 6.83. The van der Waals surface area contributed by atoms with Crippen molar-refractivity contribution in [2.45, 2.75) is 26.4 Å². The van der Waals surface area contributed by atoms with Crippen molar-refractivity contribution >= 4 is 28.4 Å². The normalized spacial score (nSPS) is 16.5. The molecule has 0 radical (unpaired) electrons. The molecule has 1 amide bonds. The van der Waals surface area contributed by atoms with E-state index in [0.29, 0.717) is 46.6 Å². The zero-order valence-corrected chi connectivity index (χ0v) is 18.3. The second-order valence-electron chi connectivity index (χ2n) is 8.33. The maximum atomic E-state index is 13.7. The van der Waals surface area contributed by atoms with Crippen LogP contribution in [0.4, 0.5) is 0 Å². The highest BCUT2D eigenvalue weighted by atomic mass is 35.5. The Balaban J connectivity index is 1.57. The zero-order valence-electron chi connectivity index (χ0n) is 17.5. The van der Waals surface area contributed by atoms with Crippen molar-refractivity contribution in [3.05, 3.63) is 62.2 Å². The summed E-state index contributed by atoms with van der Waals surface area (Å²) in [5.74, 6) is 0.741. The van der Waals surface area contributed by atoms with Crippen LogP contribution in [-0.4, -0.2) is 47.2 Å². The molecule has 2 aromatic heterocycles. The standard InChI is InChI=1S/C23H24ClN3O4/c1-13-7-18(30-2)17(22(28)25-13)10-27-6-5-26-4-3-15-9-16(8-14-11-31-12-14)20(24)19(21(15)26)23(27)29/h3-4,7,9,14H,5-6,8,10-12H2,1-2H3,(H,25,28). The molecule has 1 saturated heterocycles. The SMILES string of the molecule is COc1cc(C)[nH]c(=O)c1CN1CCn2ccc3cc(CC4COC4)c(Cl)c(c32)C1=O. The predicted octanol–water partition coefficient (Wildman–Crippen LogP) is 3.14. The van der Waals surface area contributed by atoms with Gasteiger partial charge in [-0.1, -0.05) is 11.6 Å². The number of carbonyl (C=O) groups is 1. The molecule has 0 aliphatic carbocycles. The van der Waals surface area contributed by atoms with Crippen LogP contribution in [0.3, 0.4) is 0 Å². The summed E-state index contributed by atoms with van der Waals surface area (Å²) in [5.41, 5.74) is 3.24. The number of rotatable bonds is 5. The number of ether oxygens (including phenoxy) is 2. The van der Waals surface area contributed by atoms with Gasteiger partial charge in [-0.15, -0.1) is 0 Å². The Morgan fingerprint density at radius 3 is 2.77 bits per heavy atom. The van der Waals surface area contributed by atoms with Gasteiger partial charge in [0, 0.05) is 36.3 Å². The summed E-state index contributed by atoms with van der Waals surface area (Å²) in [5, 5.41) is 1.51. The maximum absolute atomic E-state index is 13.7. The summed E-state index contributed by atoms with van der Waals surface area (Å²) in [6, 6.07) is 5.90. The van der Waals surface area contributed by atoms with Crippen LogP contribution in [-0.2, 0) is 24.2 Å². The third kappa shape index (κ3) is 3.42. The third-order valence-electron chi connectivity index (χ3n) is 6.19. The first-order chi connectivity index (χ1) is 15.0. The van der Waals surface area contributed by atoms with Crippen molar-refractivity contribution < 1.29 is 14.3 Å². The molecule has 7 nitrogen and oxygen atoms in total. The summed E-state index contributed by atoms with van der Waals surface area (Å²) in [6.45, 7) is 4.49. The number of nitrogens with zero attached hydrogens (tertiary/aromatic N) is 2. The molecule has 0 atom stereocenters. The number of methoxy groups -OCH3 is 1. The van der Waals surface area contributed by atoms with Gasteiger partial charge < -0.3 is 23.9 Å². The summed E-state index contributed by atoms with van der Waals surface area (Å²) < 4.78 is 12.8. The number of pyridine rings is 1. The van der Waals surface area contributed by atoms with E-state index in [2.05, 4.69) is 15.6 Å². The van der Waals surface area contributed by atoms with Crippen molar-refractivity contribution in [1.82, 2.24) is 14.5 Å². The molecule has 0 spiro atoms. The second-order valence-corrected chi connectivity index (χ2v) is 8.71. The smallest absolute Gasteiger partial charge is 0.257 e. The van der Waals surface area contributed by atoms with Crippen molar-refractivity contribution in [2.24, 2.45) is 5.92 Å². The minimum atomic E-state index is -0.247. The molecule has 4 heterocycles. The van der Waals surface area contributed by atoms with Crippen LogP contribution in [0.2, 0.25) is 5.02 Å². The average Bonchev–Trinajstić information content (AvgIpc) is 3.04. The lowest BCUT2D eigenvalue weighted by Gasteiger charge is -2.27. The molecule has 5 rings (SSSR count). The highest BCUT2D eigenvalue weighted by Crippen LogP contribution is 2.36. The monoisotopic (exact) mass is 441 g/mol. The largest absolute Gasteiger partial charge is 0.496 e. The first kappa shape index (κ1) is 20.2. The highest BCUT2D eigenvalue weighted by Gasteiger charge is 2.30. The van der Waals surface area contributed by atoms with Gasteiger partial charge in [-0.3, -0.25) is 9.59 Å². The fraction of sp³-hybridized carbons (Fsp3) is 0.391. The number of hydrogen-bond acceptors (Lipinski definition) is 4. The predicted molar refractivity (Wildman–Crippen MR) is 118 cm³/mol. The molecule has 0 saturated carbocycles. The van der Waals surface area contributed by atoms with Gasteiger partial charge in [0.2, 0.25) is 0 Å². The molecule has 3 aromatic rings. The van der Waals surface area contributed by atoms with E-state index in [9.17, 15) is 9.59 Å². The van der Waals surface area contributed by atoms with E-state index in [0.717, 1.165) is 36.1 Å². The Kier molecular flexibility index (Phi) is 5.02. The van der Waals surface area contributed by atoms with Gasteiger partial charge in [0.1, 0.15) is 5.75 Å². The number of carbonyl (C=O) groups excluding carboxylic acids is 1. The number of amides is 1. The molecule has 8 heteroatoms. The number of nitrogens with one attached hydrogen (secondary N) is 1. The molecule has 2 aliphatic rings. The van der Waals surface area contributed by atoms with E-state index < -0.39 is 0 Å². The first-order valence-electron chi connectivity index (χ1n) is 10.4. The van der Waals surface area contributed by atoms with Crippen molar-refractivity contribution in [3.63, 3.8) is 0 Å². The number of halogens is 1. The van der Waals surface area contributed by atoms with Gasteiger partial charge >= 0.3 is 0 Å². The second kappa shape index (κ2) is 7.73. The van der Waals surface area contributed by atoms with Gasteiger partial charge in [0.25, 0.3) is 11.5 Å². The van der Waals surface area contributed by atoms with Gasteiger partial charge in [-0.05, 0) is 37.1 Å². The van der Waals surface area contributed by atoms with E-state index in [1.807, 2.05) is 12.3 Å². The average molecular weight is 442 g/mol. The van der Waals surface area contributed by atoms with Crippen LogP contribution in [0.25, 0.3) is 10.9 Å². The maximum Gasteiger partial charge on any atom is 0.257 e. The molecule has 31 heavy (non-hydrogen) atoms. The Morgan fingerprint density at radius 2 is 2.06 bits per heavy atom. The Bertz CT molecular complexity index is 1240. The summed E-state index contributed by atoms with van der Waals surface area (Å²) in [4.78, 5) is 30.8. The summed E-state index contributed by atoms with van der Waals surface area (Å²) in [6.07, 6.45) is 2.78. The van der Waals surface area contributed by atoms with E-state index >= 15 is 0 Å². The van der Waals surface area contributed by atoms with Crippen molar-refractivity contribution in [3.8, 4) is 5.75 Å². The number of aromatic amines is 1. The Hall–Kier alpha value is -2.77. The molecular weight excluding hydrogens is 418 g/mol. The van der Waals surface area contributed by atoms with Crippen LogP contribution in [0.15, 0.2) is 29.2 Å². The van der Waals surface area contributed by atoms with E-state index in [1.165, 1.54) is 7.11 Å². The number of benzene rings is 1. The molecule has 162 valence electrons. The van der Waals surface area contributed by atoms with Crippen LogP contribution in [0, 0.1) is 12.8 Å². The van der Waals surface area contributed by atoms with Gasteiger partial charge in [0.05, 0.1) is 48.5 Å². The minimum Gasteiger partial charge on any atom is -0.496 e. The molecule has 0 bridgehead atoms. The van der Waals surface area contributed by atoms with Gasteiger partial charge in [0.15, 0.2) is 0 Å². The van der Waals surface area contributed by atoms with E-state index in [4.69, 9.17) is 21.1 Å². The van der Waals surface area contributed by atoms with Crippen LogP contribution in [0.5, 0.6) is 5.75 Å². The molecule has 1 aromatic carbocycles. The lowest BCUT2D eigenvalue weighted by molar-refractivity contribution is -0.0312. The Morgan fingerprint density at radius 1 is 1.26 bits per heavy atom. The molecule has 1 fully saturated rings. The highest BCUT2D eigenvalue weighted by molar-refractivity contribution is 6.36. The quantitative estimate of drug-likeness (QED) is 0.660. The topological polar surface area (TPSA) is 76.6 Å². The number of aryl methyl sites for hydroxylation is 1. The van der Waals surface area contributed by atoms with Crippen LogP contribution >= 0.6 is 11.6 Å². The van der Waals surface area contributed by atoms with Crippen LogP contribution < -0.4 is 10.3 Å². The Labute approximate surface area is 184 Å². The van der Waals surface area contributed by atoms with Crippen molar-refractivity contribution in [1.29, 1.82) is 0 Å². The third-order valence-corrected chi connectivity index (χ3v) is 6.62. The van der Waals surface area contributed by atoms with Gasteiger partial charge in [-0.2, -0.15) is 0 Å². The fourth-order valence-electron chi connectivity index (χ4n) is 4.50. The number of aromatic nitrogens is 2. The zero-order chi connectivity index (χ0) is 21.7. The van der Waals surface area contributed by atoms with Crippen molar-refractivity contribution in [2.75, 3.05) is 26.9 Å². The van der Waals surface area contributed by atoms with E-state index in [1.54, 1.807) is 17.9 Å². The minimum absolute atomic E-state index is 0.154. The lowest BCUT2D eigenvalue weighted by Crippen LogP contribution is -2.34. The fourth-order valence-corrected chi connectivity index (χ4v) is 4.80. The molecule has 2 aliphatic heterocycles. The van der Waals surface area contributed by atoms with Crippen LogP contribution in [0.1, 0.15) is 27.2 Å². The number of H-pyrrole nitrogens is 1. The molecule has 0 unspecified atom stereocenters. The summed E-state index contributed by atoms with van der Waals surface area (Å²) in [7, 11) is 1.53. The number of hydrogen-bond donors (Lipinski definition) is 1. The first-order valence-corrected chi connectivity index (χ1v) is 10.8.